The standard InChI is InChI=1S/C25H23ClFN3O3/c1-30-14-16(7-11-24(30)31)23(29-33)13-20(18-4-2-3-5-21(18)26)15-6-10-19(22(27)12-15)25(32)28-17-8-9-17/h2-7,10-12,14,17,20,23H,8-9,13H2,1H3,(H,28,32). The minimum atomic E-state index is -0.793. The largest absolute Gasteiger partial charge is 0.349 e. The van der Waals surface area contributed by atoms with Crippen LogP contribution in [-0.4, -0.2) is 16.5 Å². The van der Waals surface area contributed by atoms with Crippen molar-refractivity contribution in [3.8, 4) is 0 Å². The number of rotatable bonds is 8. The lowest BCUT2D eigenvalue weighted by molar-refractivity contribution is 0.0947. The zero-order valence-electron chi connectivity index (χ0n) is 18.0. The lowest BCUT2D eigenvalue weighted by Crippen LogP contribution is -2.26. The van der Waals surface area contributed by atoms with Gasteiger partial charge in [-0.15, -0.1) is 0 Å². The molecule has 3 aromatic rings. The molecule has 0 bridgehead atoms. The highest BCUT2D eigenvalue weighted by Crippen LogP contribution is 2.39. The van der Waals surface area contributed by atoms with Gasteiger partial charge in [-0.05, 0) is 60.2 Å². The van der Waals surface area contributed by atoms with Gasteiger partial charge in [0.25, 0.3) is 5.91 Å². The lowest BCUT2D eigenvalue weighted by atomic mass is 9.84. The van der Waals surface area contributed by atoms with Crippen LogP contribution >= 0.6 is 11.6 Å². The van der Waals surface area contributed by atoms with Crippen LogP contribution in [0.3, 0.4) is 0 Å². The quantitative estimate of drug-likeness (QED) is 0.468. The predicted octanol–water partition coefficient (Wildman–Crippen LogP) is 5.10. The van der Waals surface area contributed by atoms with Gasteiger partial charge in [-0.2, -0.15) is 4.91 Å². The van der Waals surface area contributed by atoms with Gasteiger partial charge in [0.2, 0.25) is 5.56 Å². The highest BCUT2D eigenvalue weighted by molar-refractivity contribution is 6.31. The number of aromatic nitrogens is 1. The summed E-state index contributed by atoms with van der Waals surface area (Å²) < 4.78 is 16.4. The molecule has 6 nitrogen and oxygen atoms in total. The normalized spacial score (nSPS) is 15.0. The molecule has 0 aliphatic heterocycles. The summed E-state index contributed by atoms with van der Waals surface area (Å²) in [5.41, 5.74) is 1.64. The summed E-state index contributed by atoms with van der Waals surface area (Å²) in [5, 5.41) is 6.56. The molecule has 1 aliphatic carbocycles. The molecule has 170 valence electrons. The van der Waals surface area contributed by atoms with Crippen LogP contribution in [0.5, 0.6) is 0 Å². The Labute approximate surface area is 195 Å². The highest BCUT2D eigenvalue weighted by atomic mass is 35.5. The van der Waals surface area contributed by atoms with E-state index in [4.69, 9.17) is 11.6 Å². The molecule has 0 saturated heterocycles. The molecule has 1 heterocycles. The van der Waals surface area contributed by atoms with Crippen molar-refractivity contribution in [3.63, 3.8) is 0 Å². The number of benzene rings is 2. The fourth-order valence-electron chi connectivity index (χ4n) is 3.90. The maximum atomic E-state index is 15.0. The second-order valence-corrected chi connectivity index (χ2v) is 8.74. The molecule has 8 heteroatoms. The monoisotopic (exact) mass is 467 g/mol. The third-order valence-electron chi connectivity index (χ3n) is 5.91. The number of hydrogen-bond donors (Lipinski definition) is 1. The Morgan fingerprint density at radius 3 is 2.55 bits per heavy atom. The van der Waals surface area contributed by atoms with Crippen LogP contribution < -0.4 is 10.9 Å². The molecule has 0 spiro atoms. The number of hydrogen-bond acceptors (Lipinski definition) is 4. The van der Waals surface area contributed by atoms with Gasteiger partial charge in [-0.3, -0.25) is 9.59 Å². The van der Waals surface area contributed by atoms with Crippen LogP contribution in [0.4, 0.5) is 4.39 Å². The van der Waals surface area contributed by atoms with E-state index in [1.807, 2.05) is 12.1 Å². The zero-order chi connectivity index (χ0) is 23.5. The van der Waals surface area contributed by atoms with E-state index in [0.29, 0.717) is 21.7 Å². The van der Waals surface area contributed by atoms with Gasteiger partial charge in [-0.1, -0.05) is 41.0 Å². The Hall–Kier alpha value is -3.32. The average Bonchev–Trinajstić information content (AvgIpc) is 3.61. The molecule has 1 fully saturated rings. The first-order valence-corrected chi connectivity index (χ1v) is 11.1. The first-order valence-electron chi connectivity index (χ1n) is 10.7. The minimum absolute atomic E-state index is 0.0216. The Morgan fingerprint density at radius 2 is 1.91 bits per heavy atom. The number of pyridine rings is 1. The fourth-order valence-corrected chi connectivity index (χ4v) is 4.17. The third-order valence-corrected chi connectivity index (χ3v) is 6.26. The summed E-state index contributed by atoms with van der Waals surface area (Å²) in [5.74, 6) is -1.54. The summed E-state index contributed by atoms with van der Waals surface area (Å²) in [4.78, 5) is 35.9. The molecule has 2 atom stereocenters. The molecule has 1 aromatic heterocycles. The van der Waals surface area contributed by atoms with E-state index in [-0.39, 0.29) is 23.6 Å². The van der Waals surface area contributed by atoms with Crippen molar-refractivity contribution in [2.24, 2.45) is 12.2 Å². The molecule has 1 N–H and O–H groups in total. The van der Waals surface area contributed by atoms with Crippen molar-refractivity contribution in [2.45, 2.75) is 37.3 Å². The van der Waals surface area contributed by atoms with Crippen LogP contribution in [0.15, 0.2) is 70.8 Å². The Balaban J connectivity index is 1.70. The predicted molar refractivity (Wildman–Crippen MR) is 125 cm³/mol. The summed E-state index contributed by atoms with van der Waals surface area (Å²) >= 11 is 6.46. The second-order valence-electron chi connectivity index (χ2n) is 8.33. The SMILES string of the molecule is Cn1cc(C(CC(c2ccc(C(=O)NC3CC3)c(F)c2)c2ccccc2Cl)N=O)ccc1=O. The van der Waals surface area contributed by atoms with Crippen LogP contribution in [0.25, 0.3) is 0 Å². The number of carbonyl (C=O) groups is 1. The number of amides is 1. The second kappa shape index (κ2) is 9.67. The van der Waals surface area contributed by atoms with Gasteiger partial charge in [0.1, 0.15) is 11.9 Å². The number of carbonyl (C=O) groups excluding carboxylic acids is 1. The Bertz CT molecular complexity index is 1260. The lowest BCUT2D eigenvalue weighted by Gasteiger charge is -2.22. The van der Waals surface area contributed by atoms with E-state index in [0.717, 1.165) is 12.8 Å². The average molecular weight is 468 g/mol. The Kier molecular flexibility index (Phi) is 6.70. The van der Waals surface area contributed by atoms with E-state index in [1.54, 1.807) is 37.5 Å². The van der Waals surface area contributed by atoms with Crippen molar-refractivity contribution in [2.75, 3.05) is 0 Å². The van der Waals surface area contributed by atoms with Crippen LogP contribution in [0, 0.1) is 10.7 Å². The molecule has 0 radical (unpaired) electrons. The smallest absolute Gasteiger partial charge is 0.254 e. The third kappa shape index (κ3) is 5.20. The van der Waals surface area contributed by atoms with E-state index in [1.165, 1.54) is 22.8 Å². The summed E-state index contributed by atoms with van der Waals surface area (Å²) in [6, 6.07) is 13.9. The fraction of sp³-hybridized carbons (Fsp3) is 0.280. The number of halogens is 2. The van der Waals surface area contributed by atoms with E-state index in [2.05, 4.69) is 10.5 Å². The molecule has 2 unspecified atom stereocenters. The molecule has 33 heavy (non-hydrogen) atoms. The molecular formula is C25H23ClFN3O3. The number of nitroso groups, excluding NO2 is 1. The van der Waals surface area contributed by atoms with Gasteiger partial charge in [0.05, 0.1) is 5.56 Å². The number of aryl methyl sites for hydroxylation is 1. The first kappa shape index (κ1) is 22.9. The molecule has 1 aliphatic rings. The van der Waals surface area contributed by atoms with Crippen LogP contribution in [0.1, 0.15) is 58.3 Å². The minimum Gasteiger partial charge on any atom is -0.349 e. The molecule has 4 rings (SSSR count). The molecule has 1 amide bonds. The summed E-state index contributed by atoms with van der Waals surface area (Å²) in [6.45, 7) is 0. The number of nitrogens with one attached hydrogen (secondary N) is 1. The van der Waals surface area contributed by atoms with E-state index >= 15 is 0 Å². The molecule has 1 saturated carbocycles. The van der Waals surface area contributed by atoms with E-state index in [9.17, 15) is 18.9 Å². The van der Waals surface area contributed by atoms with Gasteiger partial charge in [0.15, 0.2) is 0 Å². The van der Waals surface area contributed by atoms with Gasteiger partial charge in [0, 0.05) is 36.3 Å². The van der Waals surface area contributed by atoms with Crippen molar-refractivity contribution in [3.05, 3.63) is 109 Å². The maximum Gasteiger partial charge on any atom is 0.254 e. The van der Waals surface area contributed by atoms with Crippen molar-refractivity contribution < 1.29 is 9.18 Å². The van der Waals surface area contributed by atoms with Gasteiger partial charge < -0.3 is 9.88 Å². The topological polar surface area (TPSA) is 80.5 Å². The van der Waals surface area contributed by atoms with E-state index < -0.39 is 23.7 Å². The van der Waals surface area contributed by atoms with Crippen molar-refractivity contribution >= 4 is 17.5 Å². The zero-order valence-corrected chi connectivity index (χ0v) is 18.8. The van der Waals surface area contributed by atoms with Crippen molar-refractivity contribution in [1.29, 1.82) is 0 Å². The maximum absolute atomic E-state index is 15.0. The molecular weight excluding hydrogens is 445 g/mol. The summed E-state index contributed by atoms with van der Waals surface area (Å²) in [7, 11) is 1.60. The number of nitrogens with zero attached hydrogens (tertiary/aromatic N) is 2. The van der Waals surface area contributed by atoms with Gasteiger partial charge >= 0.3 is 0 Å². The summed E-state index contributed by atoms with van der Waals surface area (Å²) in [6.07, 6.45) is 3.60. The van der Waals surface area contributed by atoms with Crippen molar-refractivity contribution in [1.82, 2.24) is 9.88 Å². The highest BCUT2D eigenvalue weighted by Gasteiger charge is 2.27. The first-order chi connectivity index (χ1) is 15.9. The molecule has 2 aromatic carbocycles. The Morgan fingerprint density at radius 1 is 1.18 bits per heavy atom. The van der Waals surface area contributed by atoms with Crippen LogP contribution in [0.2, 0.25) is 5.02 Å². The van der Waals surface area contributed by atoms with Gasteiger partial charge in [-0.25, -0.2) is 4.39 Å². The van der Waals surface area contributed by atoms with Crippen LogP contribution in [-0.2, 0) is 7.05 Å².